The first-order valence-electron chi connectivity index (χ1n) is 20.2. The fourth-order valence-corrected chi connectivity index (χ4v) is 20.5. The molecular formula is C55H40OSi2. The molecule has 1 aromatic heterocycles. The van der Waals surface area contributed by atoms with Crippen molar-refractivity contribution >= 4 is 79.6 Å². The molecule has 0 aliphatic carbocycles. The van der Waals surface area contributed by atoms with Crippen LogP contribution >= 0.6 is 0 Å². The van der Waals surface area contributed by atoms with E-state index in [4.69, 9.17) is 4.42 Å². The summed E-state index contributed by atoms with van der Waals surface area (Å²) in [5.74, 6) is -0.00807. The smallest absolute Gasteiger partial charge is 0.184 e. The highest BCUT2D eigenvalue weighted by molar-refractivity contribution is 7.21. The van der Waals surface area contributed by atoms with Crippen molar-refractivity contribution in [3.05, 3.63) is 253 Å². The molecule has 0 radical (unpaired) electrons. The Hall–Kier alpha value is -6.79. The fourth-order valence-electron chi connectivity index (χ4n) is 10.3. The molecule has 3 heteroatoms. The molecule has 1 aliphatic rings. The molecule has 1 nitrogen and oxygen atoms in total. The van der Waals surface area contributed by atoms with Gasteiger partial charge < -0.3 is 4.42 Å². The van der Waals surface area contributed by atoms with Crippen LogP contribution in [0, 0.1) is 0 Å². The third-order valence-corrected chi connectivity index (χ3v) is 22.3. The van der Waals surface area contributed by atoms with E-state index in [2.05, 4.69) is 237 Å². The predicted octanol–water partition coefficient (Wildman–Crippen LogP) is 7.83. The zero-order valence-electron chi connectivity index (χ0n) is 32.0. The number of fused-ring (bicyclic) bond motifs is 5. The average Bonchev–Trinajstić information content (AvgIpc) is 3.69. The molecule has 0 N–H and O–H groups in total. The van der Waals surface area contributed by atoms with Gasteiger partial charge in [0.2, 0.25) is 0 Å². The SMILES string of the molecule is c1ccc([Si]2(c3ccccc3)c3ccccc3C(c3cc([Si](c4ccccc4)(c4ccccc4)c4ccccc4)c4oc5ccccc5c4c3)c3ccccc32)cc1. The van der Waals surface area contributed by atoms with Gasteiger partial charge in [-0.15, -0.1) is 0 Å². The highest BCUT2D eigenvalue weighted by Crippen LogP contribution is 2.39. The number of hydrogen-bond donors (Lipinski definition) is 0. The summed E-state index contributed by atoms with van der Waals surface area (Å²) in [6.07, 6.45) is 0. The van der Waals surface area contributed by atoms with Crippen molar-refractivity contribution in [1.29, 1.82) is 0 Å². The lowest BCUT2D eigenvalue weighted by atomic mass is 9.84. The number of rotatable bonds is 7. The highest BCUT2D eigenvalue weighted by atomic mass is 28.3. The van der Waals surface area contributed by atoms with E-state index in [0.717, 1.165) is 21.9 Å². The predicted molar refractivity (Wildman–Crippen MR) is 248 cm³/mol. The van der Waals surface area contributed by atoms with Gasteiger partial charge in [-0.05, 0) is 70.3 Å². The summed E-state index contributed by atoms with van der Waals surface area (Å²) in [7, 11) is -5.78. The minimum atomic E-state index is -3.02. The molecule has 1 aliphatic heterocycles. The molecule has 0 saturated carbocycles. The normalized spacial score (nSPS) is 13.6. The lowest BCUT2D eigenvalue weighted by Crippen LogP contribution is -2.77. The maximum absolute atomic E-state index is 7.13. The molecule has 0 fully saturated rings. The van der Waals surface area contributed by atoms with E-state index in [1.165, 1.54) is 58.2 Å². The van der Waals surface area contributed by atoms with Crippen LogP contribution in [0.25, 0.3) is 21.9 Å². The second-order valence-electron chi connectivity index (χ2n) is 15.5. The zero-order chi connectivity index (χ0) is 38.5. The van der Waals surface area contributed by atoms with Crippen LogP contribution in [0.2, 0.25) is 0 Å². The molecule has 10 aromatic rings. The molecule has 0 unspecified atom stereocenters. The molecule has 0 bridgehead atoms. The number of hydrogen-bond acceptors (Lipinski definition) is 1. The summed E-state index contributed by atoms with van der Waals surface area (Å²) in [6, 6.07) is 88.7. The van der Waals surface area contributed by atoms with Gasteiger partial charge >= 0.3 is 0 Å². The van der Waals surface area contributed by atoms with Gasteiger partial charge in [-0.3, -0.25) is 0 Å². The third-order valence-electron chi connectivity index (χ3n) is 12.6. The quantitative estimate of drug-likeness (QED) is 0.119. The lowest BCUT2D eigenvalue weighted by molar-refractivity contribution is 0.671. The zero-order valence-corrected chi connectivity index (χ0v) is 34.0. The molecule has 274 valence electrons. The van der Waals surface area contributed by atoms with E-state index in [1.807, 2.05) is 0 Å². The highest BCUT2D eigenvalue weighted by Gasteiger charge is 2.50. The van der Waals surface area contributed by atoms with Crippen molar-refractivity contribution in [1.82, 2.24) is 0 Å². The standard InChI is InChI=1S/C55H40OSi2/c1-6-22-41(23-7-1)57(42-24-8-2-9-25-42,43-26-10-3-11-27-43)53-39-40(38-49-46-32-16-19-35-50(46)56-55(49)53)54-47-33-17-20-36-51(47)58(44-28-12-4-13-29-44,45-30-14-5-15-31-45)52-37-21-18-34-48(52)54/h1-39,54H. The Bertz CT molecular complexity index is 2860. The maximum atomic E-state index is 7.13. The number of para-hydroxylation sites is 1. The van der Waals surface area contributed by atoms with Crippen LogP contribution in [0.5, 0.6) is 0 Å². The van der Waals surface area contributed by atoms with E-state index in [1.54, 1.807) is 0 Å². The largest absolute Gasteiger partial charge is 0.456 e. The van der Waals surface area contributed by atoms with Crippen LogP contribution in [0.3, 0.4) is 0 Å². The first-order valence-corrected chi connectivity index (χ1v) is 24.2. The molecule has 0 saturated heterocycles. The summed E-state index contributed by atoms with van der Waals surface area (Å²) in [5.41, 5.74) is 5.94. The Kier molecular flexibility index (Phi) is 8.32. The molecule has 58 heavy (non-hydrogen) atoms. The van der Waals surface area contributed by atoms with Crippen LogP contribution < -0.4 is 41.5 Å². The summed E-state index contributed by atoms with van der Waals surface area (Å²) in [4.78, 5) is 0. The van der Waals surface area contributed by atoms with E-state index < -0.39 is 16.1 Å². The Morgan fingerprint density at radius 2 is 0.793 bits per heavy atom. The van der Waals surface area contributed by atoms with Crippen molar-refractivity contribution in [2.24, 2.45) is 0 Å². The first-order chi connectivity index (χ1) is 28.8. The van der Waals surface area contributed by atoms with Crippen LogP contribution in [0.1, 0.15) is 22.6 Å². The molecule has 0 amide bonds. The molecular weight excluding hydrogens is 733 g/mol. The van der Waals surface area contributed by atoms with E-state index >= 15 is 0 Å². The van der Waals surface area contributed by atoms with Gasteiger partial charge in [0.15, 0.2) is 16.1 Å². The topological polar surface area (TPSA) is 13.1 Å². The molecule has 0 spiro atoms. The van der Waals surface area contributed by atoms with Gasteiger partial charge in [0.05, 0.1) is 0 Å². The Labute approximate surface area is 341 Å². The Morgan fingerprint density at radius 3 is 1.29 bits per heavy atom. The molecule has 9 aromatic carbocycles. The van der Waals surface area contributed by atoms with Gasteiger partial charge in [0, 0.05) is 16.7 Å². The van der Waals surface area contributed by atoms with Crippen molar-refractivity contribution < 1.29 is 4.42 Å². The van der Waals surface area contributed by atoms with Gasteiger partial charge in [-0.25, -0.2) is 0 Å². The summed E-state index contributed by atoms with van der Waals surface area (Å²) in [6.45, 7) is 0. The van der Waals surface area contributed by atoms with E-state index in [0.29, 0.717) is 0 Å². The summed E-state index contributed by atoms with van der Waals surface area (Å²) < 4.78 is 7.13. The monoisotopic (exact) mass is 772 g/mol. The van der Waals surface area contributed by atoms with Crippen molar-refractivity contribution in [3.8, 4) is 0 Å². The van der Waals surface area contributed by atoms with Crippen molar-refractivity contribution in [3.63, 3.8) is 0 Å². The molecule has 2 heterocycles. The van der Waals surface area contributed by atoms with Crippen LogP contribution in [0.15, 0.2) is 241 Å². The average molecular weight is 773 g/mol. The second-order valence-corrected chi connectivity index (χ2v) is 23.0. The fraction of sp³-hybridized carbons (Fsp3) is 0.0182. The molecule has 11 rings (SSSR count). The molecule has 0 atom stereocenters. The summed E-state index contributed by atoms with van der Waals surface area (Å²) in [5, 5.41) is 13.3. The van der Waals surface area contributed by atoms with Gasteiger partial charge in [-0.1, -0.05) is 224 Å². The minimum absolute atomic E-state index is 0.00807. The number of benzene rings is 9. The minimum Gasteiger partial charge on any atom is -0.456 e. The Balaban J connectivity index is 1.29. The van der Waals surface area contributed by atoms with Gasteiger partial charge in [-0.2, -0.15) is 0 Å². The van der Waals surface area contributed by atoms with E-state index in [9.17, 15) is 0 Å². The van der Waals surface area contributed by atoms with Gasteiger partial charge in [0.1, 0.15) is 11.2 Å². The van der Waals surface area contributed by atoms with E-state index in [-0.39, 0.29) is 5.92 Å². The lowest BCUT2D eigenvalue weighted by Gasteiger charge is -2.43. The third kappa shape index (κ3) is 5.07. The van der Waals surface area contributed by atoms with Crippen LogP contribution in [-0.2, 0) is 0 Å². The first kappa shape index (κ1) is 34.5. The second kappa shape index (κ2) is 14.0. The number of furan rings is 1. The summed E-state index contributed by atoms with van der Waals surface area (Å²) >= 11 is 0. The maximum Gasteiger partial charge on any atom is 0.184 e. The van der Waals surface area contributed by atoms with Crippen LogP contribution in [-0.4, -0.2) is 16.1 Å². The van der Waals surface area contributed by atoms with Crippen molar-refractivity contribution in [2.75, 3.05) is 0 Å². The van der Waals surface area contributed by atoms with Gasteiger partial charge in [0.25, 0.3) is 0 Å². The van der Waals surface area contributed by atoms with Crippen molar-refractivity contribution in [2.45, 2.75) is 5.92 Å². The van der Waals surface area contributed by atoms with Crippen LogP contribution in [0.4, 0.5) is 0 Å². The Morgan fingerprint density at radius 1 is 0.379 bits per heavy atom.